The maximum absolute atomic E-state index is 14.7. The van der Waals surface area contributed by atoms with Gasteiger partial charge >= 0.3 is 12.2 Å². The summed E-state index contributed by atoms with van der Waals surface area (Å²) in [5.41, 5.74) is -1.68. The first-order valence-corrected chi connectivity index (χ1v) is 10.3. The fourth-order valence-corrected chi connectivity index (χ4v) is 3.24. The number of aliphatic hydroxyl groups excluding tert-OH is 1. The Hall–Kier alpha value is -3.12. The first-order chi connectivity index (χ1) is 15.9. The van der Waals surface area contributed by atoms with Gasteiger partial charge in [0.05, 0.1) is 22.0 Å². The number of hydrogen-bond donors (Lipinski definition) is 3. The van der Waals surface area contributed by atoms with Crippen LogP contribution in [0.2, 0.25) is 5.02 Å². The van der Waals surface area contributed by atoms with Crippen molar-refractivity contribution < 1.29 is 41.4 Å². The topological polar surface area (TPSA) is 90.9 Å². The Morgan fingerprint density at radius 2 is 1.88 bits per heavy atom. The van der Waals surface area contributed by atoms with Crippen molar-refractivity contribution >= 4 is 34.9 Å². The summed E-state index contributed by atoms with van der Waals surface area (Å²) in [4.78, 5) is 26.2. The molecule has 1 saturated heterocycles. The molecule has 0 unspecified atom stereocenters. The van der Waals surface area contributed by atoms with Crippen LogP contribution in [0.3, 0.4) is 0 Å². The molecule has 13 heteroatoms. The number of rotatable bonds is 6. The van der Waals surface area contributed by atoms with Gasteiger partial charge in [0.2, 0.25) is 0 Å². The van der Waals surface area contributed by atoms with Crippen LogP contribution in [-0.2, 0) is 0 Å². The van der Waals surface area contributed by atoms with E-state index in [0.29, 0.717) is 13.0 Å². The van der Waals surface area contributed by atoms with E-state index in [1.165, 1.54) is 17.0 Å². The number of ether oxygens (including phenoxy) is 1. The molecule has 2 aromatic carbocycles. The number of aliphatic hydroxyl groups is 1. The first-order valence-electron chi connectivity index (χ1n) is 9.89. The fraction of sp³-hybridized carbons (Fsp3) is 0.333. The maximum atomic E-state index is 14.7. The molecule has 0 saturated carbocycles. The van der Waals surface area contributed by atoms with E-state index in [0.717, 1.165) is 12.1 Å². The van der Waals surface area contributed by atoms with Crippen LogP contribution in [0.15, 0.2) is 30.3 Å². The van der Waals surface area contributed by atoms with Crippen molar-refractivity contribution in [3.63, 3.8) is 0 Å². The fourth-order valence-electron chi connectivity index (χ4n) is 3.02. The molecule has 0 aliphatic carbocycles. The molecule has 1 aliphatic rings. The van der Waals surface area contributed by atoms with Crippen molar-refractivity contribution in [1.29, 1.82) is 0 Å². The predicted molar refractivity (Wildman–Crippen MR) is 113 cm³/mol. The zero-order valence-electron chi connectivity index (χ0n) is 17.5. The van der Waals surface area contributed by atoms with Gasteiger partial charge in [-0.05, 0) is 25.1 Å². The molecule has 3 rings (SSSR count). The maximum Gasteiger partial charge on any atom is 0.425 e. The quantitative estimate of drug-likeness (QED) is 0.496. The summed E-state index contributed by atoms with van der Waals surface area (Å²) in [6.45, 7) is 0.956. The monoisotopic (exact) mass is 507 g/mol. The number of hydrogen-bond acceptors (Lipinski definition) is 4. The summed E-state index contributed by atoms with van der Waals surface area (Å²) in [5, 5.41) is 13.1. The molecule has 2 aromatic rings. The second-order valence-electron chi connectivity index (χ2n) is 7.56. The second-order valence-corrected chi connectivity index (χ2v) is 7.97. The number of benzene rings is 2. The highest BCUT2D eigenvalue weighted by atomic mass is 35.5. The number of carbonyl (C=O) groups excluding carboxylic acids is 2. The number of carbonyl (C=O) groups is 2. The molecule has 1 fully saturated rings. The summed E-state index contributed by atoms with van der Waals surface area (Å²) in [6.07, 6.45) is -7.22. The Morgan fingerprint density at radius 3 is 2.47 bits per heavy atom. The Bertz CT molecular complexity index is 1070. The zero-order chi connectivity index (χ0) is 25.2. The standard InChI is InChI=1S/C21H19ClF5N3O4/c1-10(21(25,26)27)34-17-6-16(28-20(33)30-7-11(8-30)9-31)15(24)5-12(17)19(32)29-18-13(22)3-2-4-14(18)23/h2-6,10-11,31H,7-9H2,1H3,(H,28,33)(H,29,32)/t10-/m0/s1. The smallest absolute Gasteiger partial charge is 0.425 e. The molecule has 7 nitrogen and oxygen atoms in total. The molecule has 1 atom stereocenters. The molecule has 3 amide bonds. The second kappa shape index (κ2) is 10.0. The highest BCUT2D eigenvalue weighted by Gasteiger charge is 2.39. The van der Waals surface area contributed by atoms with Gasteiger partial charge in [0.15, 0.2) is 6.10 Å². The van der Waals surface area contributed by atoms with Gasteiger partial charge in [0.1, 0.15) is 17.4 Å². The van der Waals surface area contributed by atoms with Gasteiger partial charge in [0, 0.05) is 31.7 Å². The van der Waals surface area contributed by atoms with E-state index in [-0.39, 0.29) is 30.6 Å². The number of para-hydroxylation sites is 1. The zero-order valence-corrected chi connectivity index (χ0v) is 18.3. The van der Waals surface area contributed by atoms with Crippen LogP contribution >= 0.6 is 11.6 Å². The van der Waals surface area contributed by atoms with Crippen molar-refractivity contribution in [2.45, 2.75) is 19.2 Å². The Kier molecular flexibility index (Phi) is 7.51. The van der Waals surface area contributed by atoms with Gasteiger partial charge in [-0.25, -0.2) is 13.6 Å². The Balaban J connectivity index is 1.92. The molecular formula is C21H19ClF5N3O4. The van der Waals surface area contributed by atoms with Gasteiger partial charge in [-0.2, -0.15) is 13.2 Å². The first kappa shape index (κ1) is 25.5. The van der Waals surface area contributed by atoms with Crippen LogP contribution < -0.4 is 15.4 Å². The largest absolute Gasteiger partial charge is 0.480 e. The van der Waals surface area contributed by atoms with Crippen molar-refractivity contribution in [3.05, 3.63) is 52.6 Å². The number of halogens is 6. The lowest BCUT2D eigenvalue weighted by molar-refractivity contribution is -0.189. The van der Waals surface area contributed by atoms with Crippen LogP contribution in [0, 0.1) is 17.6 Å². The molecule has 184 valence electrons. The average molecular weight is 508 g/mol. The normalized spacial score (nSPS) is 14.9. The number of urea groups is 1. The van der Waals surface area contributed by atoms with Crippen molar-refractivity contribution in [3.8, 4) is 5.75 Å². The molecule has 34 heavy (non-hydrogen) atoms. The molecule has 0 radical (unpaired) electrons. The molecule has 1 heterocycles. The lowest BCUT2D eigenvalue weighted by Crippen LogP contribution is -2.52. The molecule has 0 bridgehead atoms. The van der Waals surface area contributed by atoms with E-state index >= 15 is 0 Å². The van der Waals surface area contributed by atoms with Gasteiger partial charge in [-0.1, -0.05) is 17.7 Å². The predicted octanol–water partition coefficient (Wildman–Crippen LogP) is 4.66. The number of anilines is 2. The molecule has 1 aliphatic heterocycles. The minimum absolute atomic E-state index is 0.126. The third-order valence-electron chi connectivity index (χ3n) is 5.02. The highest BCUT2D eigenvalue weighted by Crippen LogP contribution is 2.33. The van der Waals surface area contributed by atoms with Gasteiger partial charge in [-0.15, -0.1) is 0 Å². The van der Waals surface area contributed by atoms with E-state index in [1.54, 1.807) is 0 Å². The number of nitrogens with zero attached hydrogens (tertiary/aromatic N) is 1. The highest BCUT2D eigenvalue weighted by molar-refractivity contribution is 6.34. The van der Waals surface area contributed by atoms with Crippen LogP contribution in [0.1, 0.15) is 17.3 Å². The van der Waals surface area contributed by atoms with Crippen molar-refractivity contribution in [1.82, 2.24) is 4.90 Å². The average Bonchev–Trinajstić information content (AvgIpc) is 2.71. The minimum atomic E-state index is -4.82. The Labute approximate surface area is 195 Å². The Morgan fingerprint density at radius 1 is 1.21 bits per heavy atom. The number of likely N-dealkylation sites (tertiary alicyclic amines) is 1. The summed E-state index contributed by atoms with van der Waals surface area (Å²) < 4.78 is 72.8. The summed E-state index contributed by atoms with van der Waals surface area (Å²) in [5.74, 6) is -4.10. The van der Waals surface area contributed by atoms with Crippen LogP contribution in [0.5, 0.6) is 5.75 Å². The molecule has 0 aromatic heterocycles. The van der Waals surface area contributed by atoms with Gasteiger partial charge < -0.3 is 25.4 Å². The summed E-state index contributed by atoms with van der Waals surface area (Å²) in [6, 6.07) is 4.06. The van der Waals surface area contributed by atoms with Crippen molar-refractivity contribution in [2.75, 3.05) is 30.3 Å². The van der Waals surface area contributed by atoms with E-state index in [2.05, 4.69) is 10.6 Å². The summed E-state index contributed by atoms with van der Waals surface area (Å²) in [7, 11) is 0. The van der Waals surface area contributed by atoms with E-state index in [9.17, 15) is 31.5 Å². The van der Waals surface area contributed by atoms with Crippen LogP contribution in [0.4, 0.5) is 38.1 Å². The summed E-state index contributed by atoms with van der Waals surface area (Å²) >= 11 is 5.85. The van der Waals surface area contributed by atoms with E-state index in [4.69, 9.17) is 21.4 Å². The van der Waals surface area contributed by atoms with Crippen molar-refractivity contribution in [2.24, 2.45) is 5.92 Å². The van der Waals surface area contributed by atoms with Gasteiger partial charge in [-0.3, -0.25) is 4.79 Å². The van der Waals surface area contributed by atoms with E-state index < -0.39 is 58.5 Å². The third-order valence-corrected chi connectivity index (χ3v) is 5.34. The van der Waals surface area contributed by atoms with E-state index in [1.807, 2.05) is 0 Å². The third kappa shape index (κ3) is 5.68. The molecule has 3 N–H and O–H groups in total. The SMILES string of the molecule is C[C@H](Oc1cc(NC(=O)N2CC(CO)C2)c(F)cc1C(=O)Nc1c(F)cccc1Cl)C(F)(F)F. The number of nitrogens with one attached hydrogen (secondary N) is 2. The number of alkyl halides is 3. The molecule has 0 spiro atoms. The number of amides is 3. The lowest BCUT2D eigenvalue weighted by atomic mass is 10.0. The van der Waals surface area contributed by atoms with Gasteiger partial charge in [0.25, 0.3) is 5.91 Å². The lowest BCUT2D eigenvalue weighted by Gasteiger charge is -2.38. The van der Waals surface area contributed by atoms with Crippen LogP contribution in [-0.4, -0.2) is 53.9 Å². The van der Waals surface area contributed by atoms with Crippen LogP contribution in [0.25, 0.3) is 0 Å². The molecular weight excluding hydrogens is 489 g/mol. The minimum Gasteiger partial charge on any atom is -0.480 e.